The van der Waals surface area contributed by atoms with Gasteiger partial charge >= 0.3 is 0 Å². The van der Waals surface area contributed by atoms with Crippen LogP contribution >= 0.6 is 35.3 Å². The van der Waals surface area contributed by atoms with Gasteiger partial charge in [0.2, 0.25) is 0 Å². The molecule has 2 rings (SSSR count). The van der Waals surface area contributed by atoms with Crippen molar-refractivity contribution < 1.29 is 4.39 Å². The van der Waals surface area contributed by atoms with Gasteiger partial charge < -0.3 is 10.2 Å². The van der Waals surface area contributed by atoms with E-state index in [2.05, 4.69) is 20.6 Å². The number of nitrogens with zero attached hydrogens (tertiary/aromatic N) is 3. The quantitative estimate of drug-likeness (QED) is 0.366. The molecule has 1 heterocycles. The van der Waals surface area contributed by atoms with Crippen molar-refractivity contribution in [2.75, 3.05) is 20.1 Å². The SMILES string of the molecule is CCNC(=NCC(C)(C)c1ccccc1F)N(C)Cc1csc(C)n1.I. The Balaban J connectivity index is 0.00000338. The first-order valence-electron chi connectivity index (χ1n) is 8.49. The summed E-state index contributed by atoms with van der Waals surface area (Å²) >= 11 is 1.65. The Hall–Kier alpha value is -1.22. The average molecular weight is 490 g/mol. The van der Waals surface area contributed by atoms with Crippen LogP contribution in [0.4, 0.5) is 4.39 Å². The van der Waals surface area contributed by atoms with Crippen LogP contribution in [0.15, 0.2) is 34.6 Å². The van der Waals surface area contributed by atoms with Gasteiger partial charge in [-0.05, 0) is 25.5 Å². The second-order valence-electron chi connectivity index (χ2n) is 6.75. The molecule has 0 radical (unpaired) electrons. The number of rotatable bonds is 6. The molecule has 7 heteroatoms. The summed E-state index contributed by atoms with van der Waals surface area (Å²) in [5.74, 6) is 0.622. The van der Waals surface area contributed by atoms with Gasteiger partial charge in [-0.2, -0.15) is 0 Å². The highest BCUT2D eigenvalue weighted by Crippen LogP contribution is 2.26. The summed E-state index contributed by atoms with van der Waals surface area (Å²) in [5, 5.41) is 6.44. The summed E-state index contributed by atoms with van der Waals surface area (Å²) in [6.45, 7) is 10.0. The number of aliphatic imine (C=N–C) groups is 1. The van der Waals surface area contributed by atoms with Gasteiger partial charge in [-0.1, -0.05) is 32.0 Å². The minimum absolute atomic E-state index is 0. The van der Waals surface area contributed by atoms with E-state index in [1.54, 1.807) is 17.4 Å². The molecule has 0 fully saturated rings. The molecule has 1 N–H and O–H groups in total. The van der Waals surface area contributed by atoms with Crippen molar-refractivity contribution in [2.45, 2.75) is 39.7 Å². The first-order chi connectivity index (χ1) is 11.8. The monoisotopic (exact) mass is 490 g/mol. The van der Waals surface area contributed by atoms with E-state index in [1.165, 1.54) is 6.07 Å². The van der Waals surface area contributed by atoms with Crippen molar-refractivity contribution >= 4 is 41.3 Å². The minimum atomic E-state index is -0.385. The largest absolute Gasteiger partial charge is 0.357 e. The summed E-state index contributed by atoms with van der Waals surface area (Å²) in [6, 6.07) is 6.92. The lowest BCUT2D eigenvalue weighted by Crippen LogP contribution is -2.39. The van der Waals surface area contributed by atoms with Crippen LogP contribution in [0.1, 0.15) is 37.0 Å². The predicted octanol–water partition coefficient (Wildman–Crippen LogP) is 4.58. The Labute approximate surface area is 177 Å². The van der Waals surface area contributed by atoms with Crippen molar-refractivity contribution in [1.82, 2.24) is 15.2 Å². The molecular formula is C19H28FIN4S. The molecule has 1 aromatic carbocycles. The highest BCUT2D eigenvalue weighted by atomic mass is 127. The van der Waals surface area contributed by atoms with Crippen LogP contribution in [0.5, 0.6) is 0 Å². The van der Waals surface area contributed by atoms with Gasteiger partial charge in [-0.25, -0.2) is 9.37 Å². The third-order valence-electron chi connectivity index (χ3n) is 3.99. The molecule has 4 nitrogen and oxygen atoms in total. The van der Waals surface area contributed by atoms with Gasteiger partial charge in [0.05, 0.1) is 23.8 Å². The van der Waals surface area contributed by atoms with Crippen LogP contribution in [0.3, 0.4) is 0 Å². The molecule has 0 bridgehead atoms. The number of nitrogens with one attached hydrogen (secondary N) is 1. The molecule has 0 amide bonds. The predicted molar refractivity (Wildman–Crippen MR) is 119 cm³/mol. The van der Waals surface area contributed by atoms with Crippen LogP contribution in [0.2, 0.25) is 0 Å². The van der Waals surface area contributed by atoms with E-state index < -0.39 is 0 Å². The molecule has 0 aliphatic heterocycles. The van der Waals surface area contributed by atoms with E-state index in [4.69, 9.17) is 4.99 Å². The molecule has 26 heavy (non-hydrogen) atoms. The van der Waals surface area contributed by atoms with Crippen LogP contribution in [-0.2, 0) is 12.0 Å². The molecule has 1 aromatic heterocycles. The van der Waals surface area contributed by atoms with E-state index in [-0.39, 0.29) is 35.2 Å². The third-order valence-corrected chi connectivity index (χ3v) is 4.81. The first kappa shape index (κ1) is 22.8. The number of aromatic nitrogens is 1. The molecule has 0 atom stereocenters. The minimum Gasteiger partial charge on any atom is -0.357 e. The van der Waals surface area contributed by atoms with E-state index >= 15 is 0 Å². The number of benzene rings is 1. The topological polar surface area (TPSA) is 40.5 Å². The maximum Gasteiger partial charge on any atom is 0.194 e. The van der Waals surface area contributed by atoms with Gasteiger partial charge in [-0.3, -0.25) is 4.99 Å². The molecule has 2 aromatic rings. The van der Waals surface area contributed by atoms with Crippen molar-refractivity contribution in [3.05, 3.63) is 51.7 Å². The van der Waals surface area contributed by atoms with Crippen LogP contribution in [0, 0.1) is 12.7 Å². The highest BCUT2D eigenvalue weighted by Gasteiger charge is 2.24. The van der Waals surface area contributed by atoms with Crippen molar-refractivity contribution in [1.29, 1.82) is 0 Å². The summed E-state index contributed by atoms with van der Waals surface area (Å²) in [7, 11) is 1.99. The molecule has 0 aliphatic carbocycles. The third kappa shape index (κ3) is 6.19. The molecule has 0 aliphatic rings. The van der Waals surface area contributed by atoms with Crippen molar-refractivity contribution in [3.8, 4) is 0 Å². The summed E-state index contributed by atoms with van der Waals surface area (Å²) in [4.78, 5) is 11.3. The van der Waals surface area contributed by atoms with Gasteiger partial charge in [-0.15, -0.1) is 35.3 Å². The molecule has 0 saturated carbocycles. The standard InChI is InChI=1S/C19H27FN4S.HI/c1-6-21-18(24(5)11-15-12-25-14(2)23-15)22-13-19(3,4)16-9-7-8-10-17(16)20;/h7-10,12H,6,11,13H2,1-5H3,(H,21,22);1H. The Morgan fingerprint density at radius 1 is 1.35 bits per heavy atom. The number of thiazole rings is 1. The lowest BCUT2D eigenvalue weighted by Gasteiger charge is -2.26. The second kappa shape index (κ2) is 10.2. The Bertz CT molecular complexity index is 730. The fraction of sp³-hybridized carbons (Fsp3) is 0.474. The second-order valence-corrected chi connectivity index (χ2v) is 7.81. The number of halogens is 2. The molecule has 0 spiro atoms. The highest BCUT2D eigenvalue weighted by molar-refractivity contribution is 14.0. The van der Waals surface area contributed by atoms with Gasteiger partial charge in [0.15, 0.2) is 5.96 Å². The lowest BCUT2D eigenvalue weighted by atomic mass is 9.84. The van der Waals surface area contributed by atoms with Crippen LogP contribution in [-0.4, -0.2) is 36.0 Å². The van der Waals surface area contributed by atoms with Crippen molar-refractivity contribution in [2.24, 2.45) is 4.99 Å². The lowest BCUT2D eigenvalue weighted by molar-refractivity contribution is 0.455. The summed E-state index contributed by atoms with van der Waals surface area (Å²) in [6.07, 6.45) is 0. The zero-order chi connectivity index (χ0) is 18.4. The number of guanidine groups is 1. The first-order valence-corrected chi connectivity index (χ1v) is 9.37. The normalized spacial score (nSPS) is 11.8. The van der Waals surface area contributed by atoms with Crippen LogP contribution in [0.25, 0.3) is 0 Å². The summed E-state index contributed by atoms with van der Waals surface area (Å²) in [5.41, 5.74) is 1.33. The zero-order valence-corrected chi connectivity index (χ0v) is 19.2. The fourth-order valence-corrected chi connectivity index (χ4v) is 3.24. The van der Waals surface area contributed by atoms with E-state index in [9.17, 15) is 4.39 Å². The number of hydrogen-bond acceptors (Lipinski definition) is 3. The fourth-order valence-electron chi connectivity index (χ4n) is 2.64. The molecular weight excluding hydrogens is 462 g/mol. The zero-order valence-electron chi connectivity index (χ0n) is 16.0. The van der Waals surface area contributed by atoms with E-state index in [0.717, 1.165) is 23.2 Å². The molecule has 0 unspecified atom stereocenters. The Morgan fingerprint density at radius 2 is 2.04 bits per heavy atom. The van der Waals surface area contributed by atoms with E-state index in [0.29, 0.717) is 18.7 Å². The molecule has 144 valence electrons. The van der Waals surface area contributed by atoms with Gasteiger partial charge in [0.1, 0.15) is 5.82 Å². The Kier molecular flexibility index (Phi) is 8.95. The average Bonchev–Trinajstić information content (AvgIpc) is 2.96. The van der Waals surface area contributed by atoms with Gasteiger partial charge in [0, 0.05) is 24.4 Å². The maximum atomic E-state index is 14.1. The maximum absolute atomic E-state index is 14.1. The number of hydrogen-bond donors (Lipinski definition) is 1. The van der Waals surface area contributed by atoms with Crippen LogP contribution < -0.4 is 5.32 Å². The number of aryl methyl sites for hydroxylation is 1. The molecule has 0 saturated heterocycles. The Morgan fingerprint density at radius 3 is 2.62 bits per heavy atom. The van der Waals surface area contributed by atoms with Crippen molar-refractivity contribution in [3.63, 3.8) is 0 Å². The van der Waals surface area contributed by atoms with Gasteiger partial charge in [0.25, 0.3) is 0 Å². The smallest absolute Gasteiger partial charge is 0.194 e. The summed E-state index contributed by atoms with van der Waals surface area (Å²) < 4.78 is 14.1. The van der Waals surface area contributed by atoms with E-state index in [1.807, 2.05) is 46.9 Å².